The van der Waals surface area contributed by atoms with E-state index in [0.717, 1.165) is 12.8 Å². The van der Waals surface area contributed by atoms with E-state index in [4.69, 9.17) is 9.47 Å². The van der Waals surface area contributed by atoms with E-state index in [1.807, 2.05) is 0 Å². The molecule has 1 aliphatic carbocycles. The number of nitrogens with zero attached hydrogens (tertiary/aromatic N) is 1. The third-order valence-electron chi connectivity index (χ3n) is 2.96. The molecule has 0 spiro atoms. The van der Waals surface area contributed by atoms with E-state index >= 15 is 0 Å². The third-order valence-corrected chi connectivity index (χ3v) is 2.96. The molecule has 98 valence electrons. The highest BCUT2D eigenvalue weighted by atomic mass is 16.6. The van der Waals surface area contributed by atoms with Crippen molar-refractivity contribution in [1.82, 2.24) is 0 Å². The van der Waals surface area contributed by atoms with Crippen molar-refractivity contribution in [1.29, 1.82) is 0 Å². The number of benzene rings is 1. The van der Waals surface area contributed by atoms with E-state index in [9.17, 15) is 15.2 Å². The fourth-order valence-electron chi connectivity index (χ4n) is 1.78. The van der Waals surface area contributed by atoms with Crippen molar-refractivity contribution < 1.29 is 19.5 Å². The summed E-state index contributed by atoms with van der Waals surface area (Å²) in [5.74, 6) is 1.10. The molecule has 6 nitrogen and oxygen atoms in total. The molecule has 1 aliphatic rings. The largest absolute Gasteiger partial charge is 0.493 e. The number of non-ortho nitro benzene ring substituents is 1. The number of ether oxygens (including phenoxy) is 2. The SMILES string of the molecule is COc1cc([N+](=O)[O-])ccc1O[C@@H](CO)C1CC1. The fourth-order valence-corrected chi connectivity index (χ4v) is 1.78. The topological polar surface area (TPSA) is 81.8 Å². The number of rotatable bonds is 6. The lowest BCUT2D eigenvalue weighted by molar-refractivity contribution is -0.385. The molecule has 18 heavy (non-hydrogen) atoms. The fraction of sp³-hybridized carbons (Fsp3) is 0.500. The van der Waals surface area contributed by atoms with Crippen LogP contribution in [-0.2, 0) is 0 Å². The first-order valence-electron chi connectivity index (χ1n) is 5.75. The van der Waals surface area contributed by atoms with Gasteiger partial charge in [0.1, 0.15) is 6.10 Å². The lowest BCUT2D eigenvalue weighted by atomic mass is 10.2. The lowest BCUT2D eigenvalue weighted by Crippen LogP contribution is -2.23. The average Bonchev–Trinajstić information content (AvgIpc) is 3.20. The summed E-state index contributed by atoms with van der Waals surface area (Å²) in [6.45, 7) is -0.0647. The third kappa shape index (κ3) is 2.70. The second kappa shape index (κ2) is 5.22. The predicted molar refractivity (Wildman–Crippen MR) is 63.9 cm³/mol. The van der Waals surface area contributed by atoms with Crippen LogP contribution in [0.4, 0.5) is 5.69 Å². The van der Waals surface area contributed by atoms with Gasteiger partial charge in [-0.25, -0.2) is 0 Å². The molecule has 2 rings (SSSR count). The molecule has 0 radical (unpaired) electrons. The molecule has 1 atom stereocenters. The van der Waals surface area contributed by atoms with Gasteiger partial charge in [-0.2, -0.15) is 0 Å². The van der Waals surface area contributed by atoms with E-state index in [-0.39, 0.29) is 18.4 Å². The molecule has 1 aromatic rings. The smallest absolute Gasteiger partial charge is 0.273 e. The van der Waals surface area contributed by atoms with Crippen LogP contribution in [0.25, 0.3) is 0 Å². The summed E-state index contributed by atoms with van der Waals surface area (Å²) in [5, 5.41) is 19.9. The van der Waals surface area contributed by atoms with E-state index in [2.05, 4.69) is 0 Å². The Morgan fingerprint density at radius 3 is 2.72 bits per heavy atom. The number of aliphatic hydroxyl groups is 1. The zero-order valence-corrected chi connectivity index (χ0v) is 10.0. The number of hydrogen-bond acceptors (Lipinski definition) is 5. The van der Waals surface area contributed by atoms with E-state index < -0.39 is 4.92 Å². The minimum absolute atomic E-state index is 0.0498. The van der Waals surface area contributed by atoms with Crippen LogP contribution in [0, 0.1) is 16.0 Å². The normalized spacial score (nSPS) is 16.1. The molecule has 6 heteroatoms. The molecule has 1 saturated carbocycles. The van der Waals surface area contributed by atoms with Gasteiger partial charge < -0.3 is 14.6 Å². The highest BCUT2D eigenvalue weighted by molar-refractivity contribution is 5.48. The molecule has 0 heterocycles. The molecule has 0 unspecified atom stereocenters. The molecule has 0 aromatic heterocycles. The zero-order valence-electron chi connectivity index (χ0n) is 10.0. The van der Waals surface area contributed by atoms with Crippen LogP contribution < -0.4 is 9.47 Å². The summed E-state index contributed by atoms with van der Waals surface area (Å²) in [5.41, 5.74) is -0.0498. The predicted octanol–water partition coefficient (Wildman–Crippen LogP) is 1.75. The minimum atomic E-state index is -0.489. The molecular formula is C12H15NO5. The second-order valence-corrected chi connectivity index (χ2v) is 4.27. The minimum Gasteiger partial charge on any atom is -0.493 e. The highest BCUT2D eigenvalue weighted by Gasteiger charge is 2.33. The molecular weight excluding hydrogens is 238 g/mol. The number of nitro groups is 1. The zero-order chi connectivity index (χ0) is 13.1. The second-order valence-electron chi connectivity index (χ2n) is 4.27. The van der Waals surface area contributed by atoms with E-state index in [1.54, 1.807) is 0 Å². The van der Waals surface area contributed by atoms with Gasteiger partial charge in [0.2, 0.25) is 0 Å². The summed E-state index contributed by atoms with van der Waals surface area (Å²) >= 11 is 0. The van der Waals surface area contributed by atoms with Crippen LogP contribution in [0.2, 0.25) is 0 Å². The Kier molecular flexibility index (Phi) is 3.66. The molecule has 1 fully saturated rings. The van der Waals surface area contributed by atoms with Crippen LogP contribution in [0.1, 0.15) is 12.8 Å². The average molecular weight is 253 g/mol. The number of nitro benzene ring substituents is 1. The van der Waals surface area contributed by atoms with Crippen LogP contribution in [0.15, 0.2) is 18.2 Å². The van der Waals surface area contributed by atoms with Crippen molar-refractivity contribution in [2.45, 2.75) is 18.9 Å². The molecule has 0 saturated heterocycles. The van der Waals surface area contributed by atoms with Crippen molar-refractivity contribution in [2.24, 2.45) is 5.92 Å². The van der Waals surface area contributed by atoms with E-state index in [1.165, 1.54) is 25.3 Å². The van der Waals surface area contributed by atoms with Crippen molar-refractivity contribution >= 4 is 5.69 Å². The first-order valence-corrected chi connectivity index (χ1v) is 5.75. The van der Waals surface area contributed by atoms with E-state index in [0.29, 0.717) is 17.4 Å². The van der Waals surface area contributed by atoms with Crippen molar-refractivity contribution in [3.05, 3.63) is 28.3 Å². The quantitative estimate of drug-likeness (QED) is 0.617. The Bertz CT molecular complexity index is 444. The summed E-state index contributed by atoms with van der Waals surface area (Å²) in [6.07, 6.45) is 1.82. The Balaban J connectivity index is 2.18. The maximum Gasteiger partial charge on any atom is 0.273 e. The molecule has 0 aliphatic heterocycles. The van der Waals surface area contributed by atoms with Crippen molar-refractivity contribution in [3.8, 4) is 11.5 Å². The van der Waals surface area contributed by atoms with Crippen LogP contribution in [-0.4, -0.2) is 29.9 Å². The van der Waals surface area contributed by atoms with Gasteiger partial charge in [-0.15, -0.1) is 0 Å². The standard InChI is InChI=1S/C12H15NO5/c1-17-11-6-9(13(15)16)4-5-10(11)18-12(7-14)8-2-3-8/h4-6,8,12,14H,2-3,7H2,1H3/t12-/m0/s1. The molecule has 1 aromatic carbocycles. The number of hydrogen-bond donors (Lipinski definition) is 1. The number of methoxy groups -OCH3 is 1. The molecule has 0 bridgehead atoms. The first kappa shape index (κ1) is 12.6. The van der Waals surface area contributed by atoms with Gasteiger partial charge in [-0.05, 0) is 24.8 Å². The Labute approximate surface area is 104 Å². The van der Waals surface area contributed by atoms with Crippen molar-refractivity contribution in [2.75, 3.05) is 13.7 Å². The number of aliphatic hydroxyl groups excluding tert-OH is 1. The summed E-state index contributed by atoms with van der Waals surface area (Å²) < 4.78 is 10.7. The van der Waals surface area contributed by atoms with Gasteiger partial charge in [0, 0.05) is 6.07 Å². The van der Waals surface area contributed by atoms with Crippen LogP contribution >= 0.6 is 0 Å². The van der Waals surface area contributed by atoms with Gasteiger partial charge >= 0.3 is 0 Å². The Morgan fingerprint density at radius 2 is 2.22 bits per heavy atom. The van der Waals surface area contributed by atoms with Gasteiger partial charge in [-0.3, -0.25) is 10.1 Å². The maximum absolute atomic E-state index is 10.6. The molecule has 1 N–H and O–H groups in total. The highest BCUT2D eigenvalue weighted by Crippen LogP contribution is 2.38. The summed E-state index contributed by atoms with van der Waals surface area (Å²) in [6, 6.07) is 4.18. The van der Waals surface area contributed by atoms with Crippen LogP contribution in [0.5, 0.6) is 11.5 Å². The Morgan fingerprint density at radius 1 is 1.50 bits per heavy atom. The first-order chi connectivity index (χ1) is 8.65. The maximum atomic E-state index is 10.6. The van der Waals surface area contributed by atoms with Crippen molar-refractivity contribution in [3.63, 3.8) is 0 Å². The van der Waals surface area contributed by atoms with Gasteiger partial charge in [0.15, 0.2) is 11.5 Å². The van der Waals surface area contributed by atoms with Gasteiger partial charge in [0.25, 0.3) is 5.69 Å². The lowest BCUT2D eigenvalue weighted by Gasteiger charge is -2.17. The summed E-state index contributed by atoms with van der Waals surface area (Å²) in [4.78, 5) is 10.2. The van der Waals surface area contributed by atoms with Crippen LogP contribution in [0.3, 0.4) is 0 Å². The van der Waals surface area contributed by atoms with Gasteiger partial charge in [-0.1, -0.05) is 0 Å². The monoisotopic (exact) mass is 253 g/mol. The summed E-state index contributed by atoms with van der Waals surface area (Å²) in [7, 11) is 1.43. The molecule has 0 amide bonds. The Hall–Kier alpha value is -1.82. The van der Waals surface area contributed by atoms with Gasteiger partial charge in [0.05, 0.1) is 24.7 Å².